The Morgan fingerprint density at radius 1 is 1.00 bits per heavy atom. The molecule has 2 N–H and O–H groups in total. The fraction of sp³-hybridized carbons (Fsp3) is 0.185. The molecule has 4 rings (SSSR count). The van der Waals surface area contributed by atoms with Gasteiger partial charge in [-0.2, -0.15) is 5.10 Å². The van der Waals surface area contributed by atoms with E-state index < -0.39 is 5.25 Å². The van der Waals surface area contributed by atoms with Gasteiger partial charge in [0.1, 0.15) is 0 Å². The maximum absolute atomic E-state index is 12.7. The summed E-state index contributed by atoms with van der Waals surface area (Å²) in [5.74, 6) is 0.547. The Labute approximate surface area is 209 Å². The number of benzene rings is 3. The van der Waals surface area contributed by atoms with Crippen molar-refractivity contribution in [2.24, 2.45) is 5.10 Å². The number of carbonyl (C=O) groups excluding carboxylic acids is 1. The first-order valence-corrected chi connectivity index (χ1v) is 12.2. The number of thioether (sulfide) groups is 1. The van der Waals surface area contributed by atoms with Crippen molar-refractivity contribution in [3.05, 3.63) is 101 Å². The summed E-state index contributed by atoms with van der Waals surface area (Å²) in [4.78, 5) is 12.7. The monoisotopic (exact) mass is 484 g/mol. The Balaban J connectivity index is 1.47. The molecule has 0 spiro atoms. The largest absolute Gasteiger partial charge is 0.378 e. The summed E-state index contributed by atoms with van der Waals surface area (Å²) in [7, 11) is 0. The molecule has 1 atom stereocenters. The lowest BCUT2D eigenvalue weighted by Crippen LogP contribution is -2.27. The normalized spacial score (nSPS) is 12.0. The van der Waals surface area contributed by atoms with E-state index in [2.05, 4.69) is 45.1 Å². The van der Waals surface area contributed by atoms with Gasteiger partial charge in [-0.25, -0.2) is 5.43 Å². The second-order valence-electron chi connectivity index (χ2n) is 8.14. The predicted molar refractivity (Wildman–Crippen MR) is 142 cm³/mol. The summed E-state index contributed by atoms with van der Waals surface area (Å²) in [5.41, 5.74) is 7.84. The van der Waals surface area contributed by atoms with Gasteiger partial charge in [0.25, 0.3) is 5.91 Å². The number of aromatic nitrogens is 3. The van der Waals surface area contributed by atoms with Crippen molar-refractivity contribution in [1.29, 1.82) is 0 Å². The third-order valence-corrected chi connectivity index (χ3v) is 6.48. The second-order valence-corrected chi connectivity index (χ2v) is 9.45. The van der Waals surface area contributed by atoms with Gasteiger partial charge in [-0.1, -0.05) is 71.9 Å². The predicted octanol–water partition coefficient (Wildman–Crippen LogP) is 5.13. The number of rotatable bonds is 9. The molecule has 0 saturated heterocycles. The molecular formula is C27H28N6OS. The van der Waals surface area contributed by atoms with Crippen molar-refractivity contribution >= 4 is 29.6 Å². The molecule has 1 aromatic heterocycles. The maximum Gasteiger partial charge on any atom is 0.253 e. The van der Waals surface area contributed by atoms with E-state index in [0.717, 1.165) is 28.3 Å². The molecule has 4 aromatic rings. The number of anilines is 1. The molecule has 0 radical (unpaired) electrons. The number of nitrogens with one attached hydrogen (secondary N) is 2. The standard InChI is InChI=1S/C27H28N6OS/c1-19-13-15-23(16-14-19)28-18-25-30-32-27(33(25)24-11-5-4-6-12-24)35-21(3)26(34)31-29-17-22-10-8-7-9-20(22)2/h4-17,21,28H,18H2,1-3H3,(H,31,34). The molecule has 0 aliphatic carbocycles. The molecule has 0 saturated carbocycles. The van der Waals surface area contributed by atoms with Crippen LogP contribution in [0, 0.1) is 13.8 Å². The number of nitrogens with zero attached hydrogens (tertiary/aromatic N) is 4. The van der Waals surface area contributed by atoms with Gasteiger partial charge in [-0.15, -0.1) is 10.2 Å². The van der Waals surface area contributed by atoms with Crippen LogP contribution >= 0.6 is 11.8 Å². The third-order valence-electron chi connectivity index (χ3n) is 5.44. The van der Waals surface area contributed by atoms with Crippen LogP contribution in [0.3, 0.4) is 0 Å². The van der Waals surface area contributed by atoms with Crippen molar-refractivity contribution in [1.82, 2.24) is 20.2 Å². The van der Waals surface area contributed by atoms with E-state index >= 15 is 0 Å². The van der Waals surface area contributed by atoms with Crippen LogP contribution in [0.15, 0.2) is 89.1 Å². The maximum atomic E-state index is 12.7. The molecule has 0 aliphatic heterocycles. The summed E-state index contributed by atoms with van der Waals surface area (Å²) >= 11 is 1.34. The lowest BCUT2D eigenvalue weighted by molar-refractivity contribution is -0.120. The lowest BCUT2D eigenvalue weighted by Gasteiger charge is -2.13. The van der Waals surface area contributed by atoms with Gasteiger partial charge in [-0.05, 0) is 56.2 Å². The summed E-state index contributed by atoms with van der Waals surface area (Å²) in [6, 6.07) is 26.0. The molecule has 1 unspecified atom stereocenters. The molecule has 35 heavy (non-hydrogen) atoms. The molecule has 178 valence electrons. The van der Waals surface area contributed by atoms with Gasteiger partial charge in [-0.3, -0.25) is 9.36 Å². The zero-order valence-corrected chi connectivity index (χ0v) is 20.8. The zero-order valence-electron chi connectivity index (χ0n) is 20.0. The van der Waals surface area contributed by atoms with E-state index in [0.29, 0.717) is 11.7 Å². The average molecular weight is 485 g/mol. The van der Waals surface area contributed by atoms with E-state index in [1.807, 2.05) is 85.1 Å². The minimum Gasteiger partial charge on any atom is -0.378 e. The number of hydrazone groups is 1. The first-order chi connectivity index (χ1) is 17.0. The quantitative estimate of drug-likeness (QED) is 0.196. The highest BCUT2D eigenvalue weighted by atomic mass is 32.2. The third kappa shape index (κ3) is 6.36. The Bertz CT molecular complexity index is 1300. The molecule has 0 aliphatic rings. The number of hydrogen-bond donors (Lipinski definition) is 2. The van der Waals surface area contributed by atoms with E-state index in [4.69, 9.17) is 0 Å². The van der Waals surface area contributed by atoms with Crippen molar-refractivity contribution in [2.75, 3.05) is 5.32 Å². The highest BCUT2D eigenvalue weighted by molar-refractivity contribution is 8.00. The molecule has 3 aromatic carbocycles. The molecular weight excluding hydrogens is 456 g/mol. The van der Waals surface area contributed by atoms with Gasteiger partial charge in [0.05, 0.1) is 18.0 Å². The number of hydrogen-bond acceptors (Lipinski definition) is 6. The average Bonchev–Trinajstić information content (AvgIpc) is 3.27. The minimum absolute atomic E-state index is 0.207. The van der Waals surface area contributed by atoms with E-state index in [1.165, 1.54) is 17.3 Å². The molecule has 8 heteroatoms. The Hall–Kier alpha value is -3.91. The molecule has 1 amide bonds. The highest BCUT2D eigenvalue weighted by Crippen LogP contribution is 2.26. The number of amides is 1. The van der Waals surface area contributed by atoms with Gasteiger partial charge < -0.3 is 5.32 Å². The smallest absolute Gasteiger partial charge is 0.253 e. The lowest BCUT2D eigenvalue weighted by atomic mass is 10.1. The minimum atomic E-state index is -0.423. The molecule has 0 fully saturated rings. The van der Waals surface area contributed by atoms with Crippen LogP contribution in [0.5, 0.6) is 0 Å². The van der Waals surface area contributed by atoms with E-state index in [9.17, 15) is 4.79 Å². The van der Waals surface area contributed by atoms with Gasteiger partial charge in [0, 0.05) is 11.4 Å². The summed E-state index contributed by atoms with van der Waals surface area (Å²) in [5, 5.41) is 16.6. The van der Waals surface area contributed by atoms with Crippen LogP contribution in [-0.2, 0) is 11.3 Å². The second kappa shape index (κ2) is 11.5. The van der Waals surface area contributed by atoms with Crippen molar-refractivity contribution in [2.45, 2.75) is 37.7 Å². The van der Waals surface area contributed by atoms with Crippen LogP contribution in [0.2, 0.25) is 0 Å². The fourth-order valence-corrected chi connectivity index (χ4v) is 4.26. The van der Waals surface area contributed by atoms with Gasteiger partial charge >= 0.3 is 0 Å². The van der Waals surface area contributed by atoms with Crippen LogP contribution in [0.4, 0.5) is 5.69 Å². The Morgan fingerprint density at radius 3 is 2.46 bits per heavy atom. The summed E-state index contributed by atoms with van der Waals surface area (Å²) in [6.07, 6.45) is 1.66. The molecule has 7 nitrogen and oxygen atoms in total. The highest BCUT2D eigenvalue weighted by Gasteiger charge is 2.21. The summed E-state index contributed by atoms with van der Waals surface area (Å²) < 4.78 is 1.98. The van der Waals surface area contributed by atoms with Crippen molar-refractivity contribution < 1.29 is 4.79 Å². The van der Waals surface area contributed by atoms with Gasteiger partial charge in [0.15, 0.2) is 11.0 Å². The molecule has 1 heterocycles. The van der Waals surface area contributed by atoms with Crippen molar-refractivity contribution in [3.63, 3.8) is 0 Å². The summed E-state index contributed by atoms with van der Waals surface area (Å²) in [6.45, 7) is 6.39. The van der Waals surface area contributed by atoms with Crippen molar-refractivity contribution in [3.8, 4) is 5.69 Å². The van der Waals surface area contributed by atoms with Gasteiger partial charge in [0.2, 0.25) is 0 Å². The van der Waals surface area contributed by atoms with E-state index in [1.54, 1.807) is 6.21 Å². The zero-order chi connectivity index (χ0) is 24.6. The Morgan fingerprint density at radius 2 is 1.71 bits per heavy atom. The Kier molecular flexibility index (Phi) is 7.95. The van der Waals surface area contributed by atoms with Crippen LogP contribution < -0.4 is 10.7 Å². The number of carbonyl (C=O) groups is 1. The number of para-hydroxylation sites is 1. The molecule has 0 bridgehead atoms. The van der Waals surface area contributed by atoms with Crippen LogP contribution in [0.1, 0.15) is 29.4 Å². The van der Waals surface area contributed by atoms with Crippen LogP contribution in [0.25, 0.3) is 5.69 Å². The van der Waals surface area contributed by atoms with Crippen LogP contribution in [-0.4, -0.2) is 32.1 Å². The topological polar surface area (TPSA) is 84.2 Å². The van der Waals surface area contributed by atoms with E-state index in [-0.39, 0.29) is 5.91 Å². The fourth-order valence-electron chi connectivity index (χ4n) is 3.38. The number of aryl methyl sites for hydroxylation is 2. The first kappa shape index (κ1) is 24.2. The SMILES string of the molecule is Cc1ccc(NCc2nnc(SC(C)C(=O)NN=Cc3ccccc3C)n2-c2ccccc2)cc1. The first-order valence-electron chi connectivity index (χ1n) is 11.4.